The fraction of sp³-hybridized carbons (Fsp3) is 0.231. The van der Waals surface area contributed by atoms with Crippen molar-refractivity contribution < 1.29 is 9.84 Å². The second-order valence-electron chi connectivity index (χ2n) is 3.42. The summed E-state index contributed by atoms with van der Waals surface area (Å²) in [6.45, 7) is 3.79. The maximum Gasteiger partial charge on any atom is 0.122 e. The van der Waals surface area contributed by atoms with Gasteiger partial charge in [-0.15, -0.1) is 0 Å². The van der Waals surface area contributed by atoms with E-state index in [0.717, 1.165) is 16.9 Å². The molecular formula is C13H17NO2. The largest absolute Gasteiger partial charge is 0.508 e. The van der Waals surface area contributed by atoms with Crippen molar-refractivity contribution in [3.05, 3.63) is 47.8 Å². The van der Waals surface area contributed by atoms with Crippen molar-refractivity contribution in [2.45, 2.75) is 13.8 Å². The molecule has 1 aromatic carbocycles. The highest BCUT2D eigenvalue weighted by molar-refractivity contribution is 5.46. The van der Waals surface area contributed by atoms with Gasteiger partial charge in [0.1, 0.15) is 11.5 Å². The SMILES string of the molecule is COc1ccc(O)c(C)c1C.c1cc[nH]c1. The van der Waals surface area contributed by atoms with Crippen LogP contribution >= 0.6 is 0 Å². The summed E-state index contributed by atoms with van der Waals surface area (Å²) in [6, 6.07) is 7.29. The van der Waals surface area contributed by atoms with Crippen LogP contribution in [0.4, 0.5) is 0 Å². The van der Waals surface area contributed by atoms with Crippen molar-refractivity contribution in [2.24, 2.45) is 0 Å². The summed E-state index contributed by atoms with van der Waals surface area (Å²) in [4.78, 5) is 2.86. The van der Waals surface area contributed by atoms with Crippen LogP contribution < -0.4 is 4.74 Å². The number of aromatic hydroxyl groups is 1. The normalized spacial score (nSPS) is 9.19. The molecule has 86 valence electrons. The first-order valence-corrected chi connectivity index (χ1v) is 5.07. The molecule has 0 radical (unpaired) electrons. The fourth-order valence-corrected chi connectivity index (χ4v) is 1.28. The summed E-state index contributed by atoms with van der Waals surface area (Å²) in [7, 11) is 1.62. The van der Waals surface area contributed by atoms with E-state index in [-0.39, 0.29) is 0 Å². The molecule has 16 heavy (non-hydrogen) atoms. The second-order valence-corrected chi connectivity index (χ2v) is 3.42. The zero-order chi connectivity index (χ0) is 12.0. The first-order valence-electron chi connectivity index (χ1n) is 5.07. The first-order chi connectivity index (χ1) is 7.66. The molecule has 0 spiro atoms. The number of aromatic nitrogens is 1. The van der Waals surface area contributed by atoms with Crippen molar-refractivity contribution in [1.29, 1.82) is 0 Å². The lowest BCUT2D eigenvalue weighted by molar-refractivity contribution is 0.408. The van der Waals surface area contributed by atoms with Gasteiger partial charge in [-0.1, -0.05) is 0 Å². The molecule has 0 bridgehead atoms. The number of H-pyrrole nitrogens is 1. The van der Waals surface area contributed by atoms with Crippen molar-refractivity contribution >= 4 is 0 Å². The minimum atomic E-state index is 0.323. The molecule has 0 atom stereocenters. The third-order valence-electron chi connectivity index (χ3n) is 2.42. The number of benzene rings is 1. The molecule has 3 heteroatoms. The van der Waals surface area contributed by atoms with Gasteiger partial charge in [0.15, 0.2) is 0 Å². The van der Waals surface area contributed by atoms with E-state index in [1.54, 1.807) is 19.2 Å². The third kappa shape index (κ3) is 3.05. The lowest BCUT2D eigenvalue weighted by atomic mass is 10.1. The summed E-state index contributed by atoms with van der Waals surface area (Å²) < 4.78 is 5.07. The highest BCUT2D eigenvalue weighted by Gasteiger charge is 2.03. The molecule has 0 saturated carbocycles. The number of methoxy groups -OCH3 is 1. The molecule has 3 nitrogen and oxygen atoms in total. The van der Waals surface area contributed by atoms with Gasteiger partial charge < -0.3 is 14.8 Å². The molecular weight excluding hydrogens is 202 g/mol. The molecule has 0 fully saturated rings. The van der Waals surface area contributed by atoms with E-state index >= 15 is 0 Å². The number of rotatable bonds is 1. The van der Waals surface area contributed by atoms with Crippen LogP contribution in [0.1, 0.15) is 11.1 Å². The van der Waals surface area contributed by atoms with E-state index in [9.17, 15) is 5.11 Å². The zero-order valence-electron chi connectivity index (χ0n) is 9.82. The molecule has 1 heterocycles. The number of phenolic OH excluding ortho intramolecular Hbond substituents is 1. The summed E-state index contributed by atoms with van der Waals surface area (Å²) in [5.41, 5.74) is 1.87. The Bertz CT molecular complexity index is 405. The van der Waals surface area contributed by atoms with Gasteiger partial charge in [0.05, 0.1) is 7.11 Å². The summed E-state index contributed by atoms with van der Waals surface area (Å²) in [6.07, 6.45) is 3.75. The van der Waals surface area contributed by atoms with Gasteiger partial charge in [0, 0.05) is 12.4 Å². The Morgan fingerprint density at radius 2 is 1.69 bits per heavy atom. The van der Waals surface area contributed by atoms with Gasteiger partial charge in [-0.25, -0.2) is 0 Å². The first kappa shape index (κ1) is 12.2. The summed E-state index contributed by atoms with van der Waals surface area (Å²) in [5.74, 6) is 1.14. The van der Waals surface area contributed by atoms with E-state index in [0.29, 0.717) is 5.75 Å². The highest BCUT2D eigenvalue weighted by Crippen LogP contribution is 2.27. The number of phenols is 1. The van der Waals surface area contributed by atoms with Gasteiger partial charge in [0.2, 0.25) is 0 Å². The smallest absolute Gasteiger partial charge is 0.122 e. The average Bonchev–Trinajstić information content (AvgIpc) is 2.85. The van der Waals surface area contributed by atoms with Crippen molar-refractivity contribution in [3.8, 4) is 11.5 Å². The van der Waals surface area contributed by atoms with E-state index in [1.165, 1.54) is 0 Å². The number of nitrogens with one attached hydrogen (secondary N) is 1. The molecule has 1 aromatic heterocycles. The van der Waals surface area contributed by atoms with Gasteiger partial charge in [0.25, 0.3) is 0 Å². The minimum Gasteiger partial charge on any atom is -0.508 e. The molecule has 0 unspecified atom stereocenters. The Labute approximate surface area is 95.7 Å². The molecule has 0 amide bonds. The van der Waals surface area contributed by atoms with Crippen molar-refractivity contribution in [2.75, 3.05) is 7.11 Å². The average molecular weight is 219 g/mol. The van der Waals surface area contributed by atoms with E-state index in [1.807, 2.05) is 38.4 Å². The third-order valence-corrected chi connectivity index (χ3v) is 2.42. The number of ether oxygens (including phenoxy) is 1. The quantitative estimate of drug-likeness (QED) is 0.774. The Morgan fingerprint density at radius 1 is 1.06 bits per heavy atom. The van der Waals surface area contributed by atoms with Crippen LogP contribution in [-0.4, -0.2) is 17.2 Å². The molecule has 2 N–H and O–H groups in total. The van der Waals surface area contributed by atoms with Gasteiger partial charge >= 0.3 is 0 Å². The fourth-order valence-electron chi connectivity index (χ4n) is 1.28. The van der Waals surface area contributed by atoms with Crippen LogP contribution in [0.5, 0.6) is 11.5 Å². The molecule has 2 rings (SSSR count). The predicted octanol–water partition coefficient (Wildman–Crippen LogP) is 3.03. The van der Waals surface area contributed by atoms with Gasteiger partial charge in [-0.05, 0) is 49.2 Å². The molecule has 0 saturated heterocycles. The monoisotopic (exact) mass is 219 g/mol. The lowest BCUT2D eigenvalue weighted by Crippen LogP contribution is -1.89. The Balaban J connectivity index is 0.000000212. The predicted molar refractivity (Wildman–Crippen MR) is 64.9 cm³/mol. The highest BCUT2D eigenvalue weighted by atomic mass is 16.5. The van der Waals surface area contributed by atoms with E-state index in [4.69, 9.17) is 4.74 Å². The molecule has 0 aliphatic carbocycles. The number of hydrogen-bond donors (Lipinski definition) is 2. The van der Waals surface area contributed by atoms with Crippen LogP contribution in [0.3, 0.4) is 0 Å². The van der Waals surface area contributed by atoms with E-state index in [2.05, 4.69) is 4.98 Å². The van der Waals surface area contributed by atoms with Crippen LogP contribution in [0, 0.1) is 13.8 Å². The second kappa shape index (κ2) is 5.85. The Morgan fingerprint density at radius 3 is 2.12 bits per heavy atom. The van der Waals surface area contributed by atoms with Crippen LogP contribution in [0.25, 0.3) is 0 Å². The minimum absolute atomic E-state index is 0.323. The van der Waals surface area contributed by atoms with E-state index < -0.39 is 0 Å². The number of aromatic amines is 1. The maximum atomic E-state index is 9.26. The molecule has 2 aromatic rings. The standard InChI is InChI=1S/C9H12O2.C4H5N/c1-6-7(2)9(11-3)5-4-8(6)10;1-2-4-5-3-1/h4-5,10H,1-3H3;1-5H. The number of hydrogen-bond acceptors (Lipinski definition) is 2. The van der Waals surface area contributed by atoms with Crippen molar-refractivity contribution in [1.82, 2.24) is 4.98 Å². The summed E-state index contributed by atoms with van der Waals surface area (Å²) >= 11 is 0. The molecule has 0 aliphatic rings. The lowest BCUT2D eigenvalue weighted by Gasteiger charge is -2.07. The topological polar surface area (TPSA) is 45.2 Å². The maximum absolute atomic E-state index is 9.26. The molecule has 0 aliphatic heterocycles. The van der Waals surface area contributed by atoms with Gasteiger partial charge in [-0.2, -0.15) is 0 Å². The zero-order valence-corrected chi connectivity index (χ0v) is 9.82. The summed E-state index contributed by atoms with van der Waals surface area (Å²) in [5, 5.41) is 9.26. The Hall–Kier alpha value is -1.90. The van der Waals surface area contributed by atoms with Gasteiger partial charge in [-0.3, -0.25) is 0 Å². The van der Waals surface area contributed by atoms with Crippen LogP contribution in [0.15, 0.2) is 36.7 Å². The van der Waals surface area contributed by atoms with Crippen molar-refractivity contribution in [3.63, 3.8) is 0 Å². The van der Waals surface area contributed by atoms with Crippen LogP contribution in [0.2, 0.25) is 0 Å². The Kier molecular flexibility index (Phi) is 4.45. The van der Waals surface area contributed by atoms with Crippen LogP contribution in [-0.2, 0) is 0 Å².